The molecule has 4 aliphatic rings. The third-order valence-electron chi connectivity index (χ3n) is 8.66. The highest BCUT2D eigenvalue weighted by Crippen LogP contribution is 2.64. The Balaban J connectivity index is 1.40. The van der Waals surface area contributed by atoms with E-state index >= 15 is 0 Å². The molecule has 4 heteroatoms. The Hall–Kier alpha value is -1.54. The molecule has 0 N–H and O–H groups in total. The zero-order valence-electron chi connectivity index (χ0n) is 18.5. The van der Waals surface area contributed by atoms with E-state index in [1.807, 2.05) is 6.07 Å². The van der Waals surface area contributed by atoms with E-state index in [0.717, 1.165) is 50.0 Å². The molecule has 4 nitrogen and oxygen atoms in total. The lowest BCUT2D eigenvalue weighted by atomic mass is 9.46. The lowest BCUT2D eigenvalue weighted by Crippen LogP contribution is -2.61. The lowest BCUT2D eigenvalue weighted by molar-refractivity contribution is -0.291. The van der Waals surface area contributed by atoms with Crippen molar-refractivity contribution in [3.05, 3.63) is 35.8 Å². The maximum absolute atomic E-state index is 6.31. The largest absolute Gasteiger partial charge is 0.472 e. The molecule has 0 bridgehead atoms. The van der Waals surface area contributed by atoms with E-state index in [0.29, 0.717) is 18.4 Å². The average molecular weight is 411 g/mol. The van der Waals surface area contributed by atoms with E-state index in [1.165, 1.54) is 12.8 Å². The van der Waals surface area contributed by atoms with Crippen molar-refractivity contribution in [1.82, 2.24) is 0 Å². The second-order valence-corrected chi connectivity index (χ2v) is 10.1. The first kappa shape index (κ1) is 20.4. The molecule has 5 atom stereocenters. The summed E-state index contributed by atoms with van der Waals surface area (Å²) in [7, 11) is 0. The maximum Gasteiger partial charge on any atom is 0.174 e. The van der Waals surface area contributed by atoms with Crippen LogP contribution in [0.1, 0.15) is 71.0 Å². The first-order chi connectivity index (χ1) is 14.5. The van der Waals surface area contributed by atoms with E-state index < -0.39 is 5.79 Å². The summed E-state index contributed by atoms with van der Waals surface area (Å²) in [4.78, 5) is 0. The van der Waals surface area contributed by atoms with E-state index in [-0.39, 0.29) is 16.9 Å². The number of hydrogen-bond acceptors (Lipinski definition) is 4. The quantitative estimate of drug-likeness (QED) is 0.561. The molecule has 3 heterocycles. The van der Waals surface area contributed by atoms with Gasteiger partial charge in [0.1, 0.15) is 0 Å². The van der Waals surface area contributed by atoms with Crippen LogP contribution in [0.25, 0.3) is 0 Å². The molecule has 1 spiro atoms. The minimum Gasteiger partial charge on any atom is -0.472 e. The Morgan fingerprint density at radius 1 is 1.10 bits per heavy atom. The zero-order chi connectivity index (χ0) is 20.8. The smallest absolute Gasteiger partial charge is 0.174 e. The van der Waals surface area contributed by atoms with Gasteiger partial charge < -0.3 is 18.6 Å². The molecule has 0 unspecified atom stereocenters. The van der Waals surface area contributed by atoms with Crippen molar-refractivity contribution in [2.45, 2.75) is 71.2 Å². The number of ether oxygens (including phenoxy) is 3. The van der Waals surface area contributed by atoms with E-state index in [4.69, 9.17) is 18.6 Å². The molecule has 1 aromatic heterocycles. The van der Waals surface area contributed by atoms with Crippen LogP contribution in [0.15, 0.2) is 34.7 Å². The molecule has 1 saturated heterocycles. The summed E-state index contributed by atoms with van der Waals surface area (Å²) in [5.41, 5.74) is 2.19. The molecule has 2 aliphatic heterocycles. The lowest BCUT2D eigenvalue weighted by Gasteiger charge is -2.61. The van der Waals surface area contributed by atoms with Gasteiger partial charge in [-0.05, 0) is 56.9 Å². The third kappa shape index (κ3) is 3.09. The molecule has 2 aliphatic carbocycles. The van der Waals surface area contributed by atoms with Crippen LogP contribution in [-0.2, 0) is 14.2 Å². The molecule has 0 radical (unpaired) electrons. The van der Waals surface area contributed by atoms with Gasteiger partial charge in [-0.3, -0.25) is 0 Å². The highest BCUT2D eigenvalue weighted by molar-refractivity contribution is 5.35. The molecule has 1 aromatic rings. The highest BCUT2D eigenvalue weighted by Gasteiger charge is 2.64. The SMILES string of the molecule is C[C@H]1CC[C@]2(C)[C@H](CCCC23OCCO3)[C@@]1(C)C#CC1=CC[C@H](c2ccoc2)OC1. The first-order valence-corrected chi connectivity index (χ1v) is 11.6. The summed E-state index contributed by atoms with van der Waals surface area (Å²) in [5.74, 6) is 7.95. The highest BCUT2D eigenvalue weighted by atomic mass is 16.7. The Labute approximate surface area is 180 Å². The van der Waals surface area contributed by atoms with E-state index in [1.54, 1.807) is 12.5 Å². The number of furan rings is 1. The van der Waals surface area contributed by atoms with Crippen LogP contribution < -0.4 is 0 Å². The molecule has 30 heavy (non-hydrogen) atoms. The van der Waals surface area contributed by atoms with Crippen LogP contribution in [0.5, 0.6) is 0 Å². The van der Waals surface area contributed by atoms with Crippen molar-refractivity contribution >= 4 is 0 Å². The van der Waals surface area contributed by atoms with Crippen LogP contribution in [0, 0.1) is 34.5 Å². The number of hydrogen-bond donors (Lipinski definition) is 0. The second kappa shape index (κ2) is 7.55. The summed E-state index contributed by atoms with van der Waals surface area (Å²) >= 11 is 0. The van der Waals surface area contributed by atoms with Gasteiger partial charge in [-0.25, -0.2) is 0 Å². The molecule has 0 amide bonds. The van der Waals surface area contributed by atoms with Crippen LogP contribution in [0.2, 0.25) is 0 Å². The van der Waals surface area contributed by atoms with E-state index in [9.17, 15) is 0 Å². The van der Waals surface area contributed by atoms with Crippen molar-refractivity contribution in [2.75, 3.05) is 19.8 Å². The Kier molecular flexibility index (Phi) is 5.13. The van der Waals surface area contributed by atoms with Crippen LogP contribution in [0.4, 0.5) is 0 Å². The van der Waals surface area contributed by atoms with Gasteiger partial charge in [0, 0.05) is 28.4 Å². The van der Waals surface area contributed by atoms with Gasteiger partial charge in [0.2, 0.25) is 0 Å². The molecular weight excluding hydrogens is 376 g/mol. The molecule has 2 saturated carbocycles. The number of fused-ring (bicyclic) bond motifs is 2. The van der Waals surface area contributed by atoms with Gasteiger partial charge in [-0.15, -0.1) is 0 Å². The summed E-state index contributed by atoms with van der Waals surface area (Å²) in [6.07, 6.45) is 12.4. The number of rotatable bonds is 1. The van der Waals surface area contributed by atoms with Crippen molar-refractivity contribution in [2.24, 2.45) is 22.7 Å². The van der Waals surface area contributed by atoms with Gasteiger partial charge >= 0.3 is 0 Å². The minimum atomic E-state index is -0.399. The van der Waals surface area contributed by atoms with Crippen molar-refractivity contribution < 1.29 is 18.6 Å². The zero-order valence-corrected chi connectivity index (χ0v) is 18.5. The predicted octanol–water partition coefficient (Wildman–Crippen LogP) is 5.66. The molecule has 0 aromatic carbocycles. The standard InChI is InChI=1S/C26H34O4/c1-19-8-13-25(3)23(5-4-11-26(25)29-15-16-30-26)24(19,2)12-9-20-6-7-22(28-17-20)21-10-14-27-18-21/h6,10,14,18-19,22-23H,4-5,7-8,11,13,15-17H2,1-3H3/t19-,22+,23+,24-,25+/m0/s1. The fourth-order valence-corrected chi connectivity index (χ4v) is 6.59. The topological polar surface area (TPSA) is 40.8 Å². The molecule has 162 valence electrons. The van der Waals surface area contributed by atoms with Gasteiger partial charge in [0.15, 0.2) is 5.79 Å². The van der Waals surface area contributed by atoms with Crippen LogP contribution in [0.3, 0.4) is 0 Å². The van der Waals surface area contributed by atoms with Crippen molar-refractivity contribution in [1.29, 1.82) is 0 Å². The Morgan fingerprint density at radius 2 is 1.93 bits per heavy atom. The van der Waals surface area contributed by atoms with Gasteiger partial charge in [-0.2, -0.15) is 0 Å². The predicted molar refractivity (Wildman–Crippen MR) is 114 cm³/mol. The monoisotopic (exact) mass is 410 g/mol. The first-order valence-electron chi connectivity index (χ1n) is 11.6. The second-order valence-electron chi connectivity index (χ2n) is 10.1. The summed E-state index contributed by atoms with van der Waals surface area (Å²) in [6, 6.07) is 1.98. The Bertz CT molecular complexity index is 853. The van der Waals surface area contributed by atoms with Gasteiger partial charge in [0.25, 0.3) is 0 Å². The third-order valence-corrected chi connectivity index (χ3v) is 8.66. The van der Waals surface area contributed by atoms with E-state index in [2.05, 4.69) is 38.7 Å². The fourth-order valence-electron chi connectivity index (χ4n) is 6.59. The normalized spacial score (nSPS) is 40.4. The summed E-state index contributed by atoms with van der Waals surface area (Å²) in [6.45, 7) is 9.20. The minimum absolute atomic E-state index is 0.0293. The fraction of sp³-hybridized carbons (Fsp3) is 0.692. The average Bonchev–Trinajstić information content (AvgIpc) is 3.45. The summed E-state index contributed by atoms with van der Waals surface area (Å²) < 4.78 is 23.9. The Morgan fingerprint density at radius 3 is 2.63 bits per heavy atom. The van der Waals surface area contributed by atoms with Crippen LogP contribution >= 0.6 is 0 Å². The molecule has 3 fully saturated rings. The molecule has 5 rings (SSSR count). The van der Waals surface area contributed by atoms with Gasteiger partial charge in [0.05, 0.1) is 38.5 Å². The van der Waals surface area contributed by atoms with Crippen molar-refractivity contribution in [3.8, 4) is 11.8 Å². The summed E-state index contributed by atoms with van der Waals surface area (Å²) in [5, 5.41) is 0. The maximum atomic E-state index is 6.31. The van der Waals surface area contributed by atoms with Crippen molar-refractivity contribution in [3.63, 3.8) is 0 Å². The van der Waals surface area contributed by atoms with Crippen LogP contribution in [-0.4, -0.2) is 25.6 Å². The molecular formula is C26H34O4. The van der Waals surface area contributed by atoms with Gasteiger partial charge in [-0.1, -0.05) is 31.8 Å².